The number of carbonyl (C=O) groups excluding carboxylic acids is 4. The molecular weight excluding hydrogens is 254 g/mol. The lowest BCUT2D eigenvalue weighted by molar-refractivity contribution is -0.171. The minimum absolute atomic E-state index is 0. The molecule has 0 aliphatic carbocycles. The van der Waals surface area contributed by atoms with Crippen LogP contribution in [0.5, 0.6) is 0 Å². The van der Waals surface area contributed by atoms with Crippen LogP contribution in [0, 0.1) is 0 Å². The Bertz CT molecular complexity index is 314. The van der Waals surface area contributed by atoms with Gasteiger partial charge >= 0.3 is 6.09 Å². The van der Waals surface area contributed by atoms with Crippen molar-refractivity contribution in [3.05, 3.63) is 0 Å². The van der Waals surface area contributed by atoms with Crippen LogP contribution >= 0.6 is 0 Å². The fourth-order valence-corrected chi connectivity index (χ4v) is 0.786. The molecule has 8 heteroatoms. The van der Waals surface area contributed by atoms with Gasteiger partial charge in [-0.3, -0.25) is 14.4 Å². The summed E-state index contributed by atoms with van der Waals surface area (Å²) >= 11 is 0. The first-order valence-electron chi connectivity index (χ1n) is 4.86. The molecule has 1 fully saturated rings. The second-order valence-corrected chi connectivity index (χ2v) is 3.02. The van der Waals surface area contributed by atoms with Gasteiger partial charge in [0.05, 0.1) is 0 Å². The van der Waals surface area contributed by atoms with Crippen LogP contribution in [0.15, 0.2) is 0 Å². The van der Waals surface area contributed by atoms with Crippen molar-refractivity contribution in [1.82, 2.24) is 15.7 Å². The maximum absolute atomic E-state index is 10.8. The lowest BCUT2D eigenvalue weighted by Gasteiger charge is -2.11. The Kier molecular flexibility index (Phi) is 12.8. The van der Waals surface area contributed by atoms with Crippen LogP contribution < -0.4 is 10.6 Å². The highest BCUT2D eigenvalue weighted by Crippen LogP contribution is 2.11. The largest absolute Gasteiger partial charge is 0.431 e. The van der Waals surface area contributed by atoms with E-state index in [1.807, 2.05) is 0 Å². The Labute approximate surface area is 113 Å². The number of hydroxylamine groups is 2. The number of nitrogens with zero attached hydrogens (tertiary/aromatic N) is 1. The highest BCUT2D eigenvalue weighted by molar-refractivity contribution is 6.01. The number of rotatable bonds is 1. The number of hydrogen-bond acceptors (Lipinski definition) is 5. The van der Waals surface area contributed by atoms with Crippen LogP contribution in [-0.2, 0) is 19.2 Å². The Morgan fingerprint density at radius 1 is 1.05 bits per heavy atom. The minimum atomic E-state index is -0.821. The smallest absolute Gasteiger partial charge is 0.359 e. The van der Waals surface area contributed by atoms with Gasteiger partial charge in [0.1, 0.15) is 0 Å². The first kappa shape index (κ1) is 22.1. The van der Waals surface area contributed by atoms with E-state index >= 15 is 0 Å². The summed E-state index contributed by atoms with van der Waals surface area (Å²) in [6.45, 7) is 1.47. The molecule has 0 aromatic carbocycles. The van der Waals surface area contributed by atoms with Crippen molar-refractivity contribution in [2.75, 3.05) is 14.1 Å². The van der Waals surface area contributed by atoms with Crippen LogP contribution in [0.4, 0.5) is 4.79 Å². The second-order valence-electron chi connectivity index (χ2n) is 3.02. The molecule has 0 aromatic heterocycles. The van der Waals surface area contributed by atoms with Crippen LogP contribution in [-0.4, -0.2) is 43.0 Å². The SMILES string of the molecule is C.C.CNC(=O)ON1C(=O)CCC1=O.CNC(C)=O. The summed E-state index contributed by atoms with van der Waals surface area (Å²) in [6.07, 6.45) is -0.607. The topological polar surface area (TPSA) is 105 Å². The molecule has 4 amide bonds. The van der Waals surface area contributed by atoms with Crippen LogP contribution in [0.25, 0.3) is 0 Å². The number of amides is 4. The number of carbonyl (C=O) groups is 4. The van der Waals surface area contributed by atoms with Gasteiger partial charge < -0.3 is 15.5 Å². The normalized spacial score (nSPS) is 12.3. The summed E-state index contributed by atoms with van der Waals surface area (Å²) in [5, 5.41) is 5.00. The van der Waals surface area contributed by atoms with Crippen LogP contribution in [0.2, 0.25) is 0 Å². The van der Waals surface area contributed by atoms with E-state index in [-0.39, 0.29) is 33.6 Å². The molecule has 0 bridgehead atoms. The highest BCUT2D eigenvalue weighted by Gasteiger charge is 2.32. The van der Waals surface area contributed by atoms with Crippen molar-refractivity contribution >= 4 is 23.8 Å². The van der Waals surface area contributed by atoms with Gasteiger partial charge in [0.25, 0.3) is 11.8 Å². The molecule has 0 radical (unpaired) electrons. The van der Waals surface area contributed by atoms with Gasteiger partial charge in [-0.25, -0.2) is 4.79 Å². The number of hydrogen-bond donors (Lipinski definition) is 2. The average molecular weight is 277 g/mol. The molecule has 0 unspecified atom stereocenters. The molecule has 0 spiro atoms. The van der Waals surface area contributed by atoms with Gasteiger partial charge in [-0.05, 0) is 0 Å². The van der Waals surface area contributed by atoms with Crippen molar-refractivity contribution in [2.45, 2.75) is 34.6 Å². The molecule has 1 aliphatic rings. The fourth-order valence-electron chi connectivity index (χ4n) is 0.786. The summed E-state index contributed by atoms with van der Waals surface area (Å²) in [7, 11) is 2.94. The van der Waals surface area contributed by atoms with E-state index in [2.05, 4.69) is 15.5 Å². The quantitative estimate of drug-likeness (QED) is 0.676. The second kappa shape index (κ2) is 11.0. The minimum Gasteiger partial charge on any atom is -0.359 e. The van der Waals surface area contributed by atoms with Crippen LogP contribution in [0.3, 0.4) is 0 Å². The number of imide groups is 1. The van der Waals surface area contributed by atoms with Gasteiger partial charge in [0.15, 0.2) is 0 Å². The maximum Gasteiger partial charge on any atom is 0.431 e. The average Bonchev–Trinajstić information content (AvgIpc) is 2.61. The van der Waals surface area contributed by atoms with Crippen molar-refractivity contribution in [2.24, 2.45) is 0 Å². The van der Waals surface area contributed by atoms with Crippen molar-refractivity contribution < 1.29 is 24.0 Å². The molecule has 2 N–H and O–H groups in total. The van der Waals surface area contributed by atoms with Crippen molar-refractivity contribution in [3.63, 3.8) is 0 Å². The van der Waals surface area contributed by atoms with E-state index in [1.165, 1.54) is 14.0 Å². The zero-order valence-corrected chi connectivity index (χ0v) is 9.90. The molecule has 112 valence electrons. The first-order chi connectivity index (χ1) is 7.92. The van der Waals surface area contributed by atoms with Crippen molar-refractivity contribution in [3.8, 4) is 0 Å². The molecular formula is C11H23N3O5. The van der Waals surface area contributed by atoms with Gasteiger partial charge in [0.2, 0.25) is 5.91 Å². The van der Waals surface area contributed by atoms with E-state index in [0.717, 1.165) is 0 Å². The van der Waals surface area contributed by atoms with Gasteiger partial charge in [-0.15, -0.1) is 5.06 Å². The molecule has 1 rings (SSSR count). The van der Waals surface area contributed by atoms with E-state index < -0.39 is 17.9 Å². The maximum atomic E-state index is 10.8. The van der Waals surface area contributed by atoms with Crippen molar-refractivity contribution in [1.29, 1.82) is 0 Å². The van der Waals surface area contributed by atoms with E-state index in [1.54, 1.807) is 7.05 Å². The summed E-state index contributed by atoms with van der Waals surface area (Å²) in [6, 6.07) is 0. The standard InChI is InChI=1S/C6H8N2O4.C3H7NO.2CH4/c1-7-6(11)12-8-4(9)2-3-5(8)10;1-3(5)4-2;;/h2-3H2,1H3,(H,7,11);1-2H3,(H,4,5);2*1H4. The highest BCUT2D eigenvalue weighted by atomic mass is 16.7. The molecule has 1 saturated heterocycles. The molecule has 0 aromatic rings. The molecule has 0 saturated carbocycles. The molecule has 1 heterocycles. The molecule has 1 aliphatic heterocycles. The summed E-state index contributed by atoms with van der Waals surface area (Å²) < 4.78 is 0. The summed E-state index contributed by atoms with van der Waals surface area (Å²) in [4.78, 5) is 46.3. The molecule has 8 nitrogen and oxygen atoms in total. The third kappa shape index (κ3) is 8.58. The third-order valence-corrected chi connectivity index (χ3v) is 1.74. The van der Waals surface area contributed by atoms with E-state index in [9.17, 15) is 19.2 Å². The zero-order chi connectivity index (χ0) is 13.4. The van der Waals surface area contributed by atoms with Gasteiger partial charge in [-0.1, -0.05) is 14.9 Å². The summed E-state index contributed by atoms with van der Waals surface area (Å²) in [5.41, 5.74) is 0. The number of nitrogens with one attached hydrogen (secondary N) is 2. The predicted octanol–water partition coefficient (Wildman–Crippen LogP) is 0.431. The zero-order valence-electron chi connectivity index (χ0n) is 9.90. The van der Waals surface area contributed by atoms with E-state index in [4.69, 9.17) is 0 Å². The summed E-state index contributed by atoms with van der Waals surface area (Å²) in [5.74, 6) is -0.961. The molecule has 19 heavy (non-hydrogen) atoms. The lowest BCUT2D eigenvalue weighted by atomic mass is 10.4. The van der Waals surface area contributed by atoms with E-state index in [0.29, 0.717) is 5.06 Å². The Morgan fingerprint density at radius 3 is 1.68 bits per heavy atom. The van der Waals surface area contributed by atoms with Gasteiger partial charge in [-0.2, -0.15) is 0 Å². The van der Waals surface area contributed by atoms with Crippen LogP contribution in [0.1, 0.15) is 34.6 Å². The fraction of sp³-hybridized carbons (Fsp3) is 0.636. The monoisotopic (exact) mass is 277 g/mol. The first-order valence-corrected chi connectivity index (χ1v) is 4.86. The molecule has 0 atom stereocenters. The van der Waals surface area contributed by atoms with Gasteiger partial charge in [0, 0.05) is 33.9 Å². The third-order valence-electron chi connectivity index (χ3n) is 1.74. The Hall–Kier alpha value is -2.12. The predicted molar refractivity (Wildman–Crippen MR) is 69.8 cm³/mol. The Morgan fingerprint density at radius 2 is 1.42 bits per heavy atom. The lowest BCUT2D eigenvalue weighted by Crippen LogP contribution is -2.35. The Balaban J connectivity index is -0.000000320.